The van der Waals surface area contributed by atoms with Gasteiger partial charge in [-0.25, -0.2) is 4.99 Å². The van der Waals surface area contributed by atoms with Gasteiger partial charge in [0.25, 0.3) is 0 Å². The molecule has 27 heavy (non-hydrogen) atoms. The summed E-state index contributed by atoms with van der Waals surface area (Å²) in [5.74, 6) is -0.388. The summed E-state index contributed by atoms with van der Waals surface area (Å²) in [6.45, 7) is 6.83. The maximum absolute atomic E-state index is 12.5. The molecule has 0 radical (unpaired) electrons. The van der Waals surface area contributed by atoms with E-state index in [4.69, 9.17) is 11.6 Å². The Morgan fingerprint density at radius 3 is 2.33 bits per heavy atom. The molecule has 2 aromatic rings. The summed E-state index contributed by atoms with van der Waals surface area (Å²) >= 11 is 5.82. The highest BCUT2D eigenvalue weighted by Gasteiger charge is 2.32. The first-order valence-electron chi connectivity index (χ1n) is 8.47. The number of benzene rings is 2. The maximum atomic E-state index is 12.5. The standard InChI is InChI=1S/C20H22ClF3N2O/c1-5-26(4)12-25-16-8-13(2)17(14(3)9-16)10-15-6-7-18(21)19(11-15)27-20(22,23)24/h6-9,11-12H,5,10H2,1-4H3. The fourth-order valence-corrected chi connectivity index (χ4v) is 2.79. The van der Waals surface area contributed by atoms with Crippen LogP contribution in [0.1, 0.15) is 29.2 Å². The van der Waals surface area contributed by atoms with E-state index >= 15 is 0 Å². The van der Waals surface area contributed by atoms with Gasteiger partial charge in [-0.3, -0.25) is 0 Å². The summed E-state index contributed by atoms with van der Waals surface area (Å²) in [5, 5.41) is -0.0748. The van der Waals surface area contributed by atoms with Crippen molar-refractivity contribution in [2.75, 3.05) is 13.6 Å². The summed E-state index contributed by atoms with van der Waals surface area (Å²) in [5.41, 5.74) is 4.61. The lowest BCUT2D eigenvalue weighted by Gasteiger charge is -2.14. The molecule has 0 amide bonds. The van der Waals surface area contributed by atoms with Crippen molar-refractivity contribution in [3.05, 3.63) is 57.6 Å². The van der Waals surface area contributed by atoms with E-state index in [-0.39, 0.29) is 10.8 Å². The predicted octanol–water partition coefficient (Wildman–Crippen LogP) is 6.06. The van der Waals surface area contributed by atoms with Crippen molar-refractivity contribution >= 4 is 23.6 Å². The molecule has 0 saturated carbocycles. The molecule has 2 rings (SSSR count). The normalized spacial score (nSPS) is 11.9. The van der Waals surface area contributed by atoms with Crippen molar-refractivity contribution < 1.29 is 17.9 Å². The third-order valence-corrected chi connectivity index (χ3v) is 4.50. The molecule has 0 aromatic heterocycles. The molecule has 0 heterocycles. The van der Waals surface area contributed by atoms with E-state index in [1.807, 2.05) is 44.9 Å². The van der Waals surface area contributed by atoms with Crippen molar-refractivity contribution in [1.82, 2.24) is 4.90 Å². The first-order valence-corrected chi connectivity index (χ1v) is 8.85. The second-order valence-corrected chi connectivity index (χ2v) is 6.77. The molecule has 0 fully saturated rings. The van der Waals surface area contributed by atoms with E-state index in [2.05, 4.69) is 9.73 Å². The summed E-state index contributed by atoms with van der Waals surface area (Å²) in [6, 6.07) is 8.38. The Morgan fingerprint density at radius 2 is 1.78 bits per heavy atom. The number of nitrogens with zero attached hydrogens (tertiary/aromatic N) is 2. The Kier molecular flexibility index (Phi) is 6.76. The summed E-state index contributed by atoms with van der Waals surface area (Å²) in [6.07, 6.45) is -2.53. The van der Waals surface area contributed by atoms with Gasteiger partial charge in [0.2, 0.25) is 0 Å². The van der Waals surface area contributed by atoms with E-state index < -0.39 is 6.36 Å². The molecule has 0 aliphatic carbocycles. The highest BCUT2D eigenvalue weighted by molar-refractivity contribution is 6.32. The van der Waals surface area contributed by atoms with Gasteiger partial charge in [-0.15, -0.1) is 13.2 Å². The zero-order valence-electron chi connectivity index (χ0n) is 15.7. The minimum atomic E-state index is -4.78. The number of aliphatic imine (C=N–C) groups is 1. The van der Waals surface area contributed by atoms with Gasteiger partial charge in [0, 0.05) is 13.6 Å². The van der Waals surface area contributed by atoms with Crippen LogP contribution in [0, 0.1) is 13.8 Å². The van der Waals surface area contributed by atoms with Crippen LogP contribution in [0.3, 0.4) is 0 Å². The van der Waals surface area contributed by atoms with E-state index in [0.717, 1.165) is 28.9 Å². The molecular weight excluding hydrogens is 377 g/mol. The molecular formula is C20H22ClF3N2O. The van der Waals surface area contributed by atoms with Crippen molar-refractivity contribution in [3.8, 4) is 5.75 Å². The molecule has 0 aliphatic rings. The number of aryl methyl sites for hydroxylation is 2. The summed E-state index contributed by atoms with van der Waals surface area (Å²) < 4.78 is 41.5. The average Bonchev–Trinajstić information content (AvgIpc) is 2.57. The molecule has 7 heteroatoms. The van der Waals surface area contributed by atoms with Gasteiger partial charge in [-0.05, 0) is 73.7 Å². The Bertz CT molecular complexity index is 811. The number of alkyl halides is 3. The van der Waals surface area contributed by atoms with E-state index in [1.54, 1.807) is 12.4 Å². The van der Waals surface area contributed by atoms with Crippen LogP contribution in [0.4, 0.5) is 18.9 Å². The topological polar surface area (TPSA) is 24.8 Å². The van der Waals surface area contributed by atoms with Gasteiger partial charge in [0.15, 0.2) is 0 Å². The van der Waals surface area contributed by atoms with E-state index in [1.165, 1.54) is 12.1 Å². The largest absolute Gasteiger partial charge is 0.573 e. The Morgan fingerprint density at radius 1 is 1.15 bits per heavy atom. The van der Waals surface area contributed by atoms with Crippen molar-refractivity contribution in [2.45, 2.75) is 33.6 Å². The van der Waals surface area contributed by atoms with E-state index in [9.17, 15) is 13.2 Å². The molecule has 0 N–H and O–H groups in total. The zero-order valence-corrected chi connectivity index (χ0v) is 16.4. The van der Waals surface area contributed by atoms with Crippen LogP contribution in [0.5, 0.6) is 5.75 Å². The van der Waals surface area contributed by atoms with Crippen molar-refractivity contribution in [3.63, 3.8) is 0 Å². The van der Waals surface area contributed by atoms with Gasteiger partial charge >= 0.3 is 6.36 Å². The van der Waals surface area contributed by atoms with Gasteiger partial charge in [0.05, 0.1) is 17.0 Å². The van der Waals surface area contributed by atoms with Crippen LogP contribution in [0.2, 0.25) is 5.02 Å². The second kappa shape index (κ2) is 8.65. The summed E-state index contributed by atoms with van der Waals surface area (Å²) in [7, 11) is 1.94. The lowest BCUT2D eigenvalue weighted by Crippen LogP contribution is -2.17. The van der Waals surface area contributed by atoms with Crippen LogP contribution in [0.15, 0.2) is 35.3 Å². The second-order valence-electron chi connectivity index (χ2n) is 6.37. The van der Waals surface area contributed by atoms with Gasteiger partial charge in [-0.1, -0.05) is 17.7 Å². The molecule has 0 bridgehead atoms. The number of ether oxygens (including phenoxy) is 1. The summed E-state index contributed by atoms with van der Waals surface area (Å²) in [4.78, 5) is 6.42. The average molecular weight is 399 g/mol. The molecule has 3 nitrogen and oxygen atoms in total. The minimum Gasteiger partial charge on any atom is -0.404 e. The van der Waals surface area contributed by atoms with Crippen molar-refractivity contribution in [2.24, 2.45) is 4.99 Å². The maximum Gasteiger partial charge on any atom is 0.573 e. The van der Waals surface area contributed by atoms with E-state index in [0.29, 0.717) is 12.0 Å². The van der Waals surface area contributed by atoms with Gasteiger partial charge < -0.3 is 9.64 Å². The van der Waals surface area contributed by atoms with Crippen LogP contribution in [-0.2, 0) is 6.42 Å². The number of rotatable bonds is 6. The number of halogens is 4. The Hall–Kier alpha value is -2.21. The number of hydrogen-bond acceptors (Lipinski definition) is 2. The molecule has 0 saturated heterocycles. The lowest BCUT2D eigenvalue weighted by atomic mass is 9.95. The van der Waals surface area contributed by atoms with Crippen LogP contribution >= 0.6 is 11.6 Å². The fraction of sp³-hybridized carbons (Fsp3) is 0.350. The molecule has 0 atom stereocenters. The minimum absolute atomic E-state index is 0.0748. The SMILES string of the molecule is CCN(C)C=Nc1cc(C)c(Cc2ccc(Cl)c(OC(F)(F)F)c2)c(C)c1. The zero-order chi connectivity index (χ0) is 20.2. The molecule has 146 valence electrons. The Labute approximate surface area is 162 Å². The quantitative estimate of drug-likeness (QED) is 0.436. The van der Waals surface area contributed by atoms with Crippen LogP contribution < -0.4 is 4.74 Å². The number of hydrogen-bond donors (Lipinski definition) is 0. The first kappa shape index (κ1) is 21.1. The van der Waals surface area contributed by atoms with Crippen molar-refractivity contribution in [1.29, 1.82) is 0 Å². The Balaban J connectivity index is 2.27. The van der Waals surface area contributed by atoms with Gasteiger partial charge in [0.1, 0.15) is 5.75 Å². The van der Waals surface area contributed by atoms with Crippen LogP contribution in [-0.4, -0.2) is 31.2 Å². The monoisotopic (exact) mass is 398 g/mol. The van der Waals surface area contributed by atoms with Gasteiger partial charge in [-0.2, -0.15) is 0 Å². The fourth-order valence-electron chi connectivity index (χ4n) is 2.64. The molecule has 0 unspecified atom stereocenters. The predicted molar refractivity (Wildman–Crippen MR) is 103 cm³/mol. The highest BCUT2D eigenvalue weighted by Crippen LogP contribution is 2.32. The first-order chi connectivity index (χ1) is 12.6. The third-order valence-electron chi connectivity index (χ3n) is 4.19. The molecule has 2 aromatic carbocycles. The van der Waals surface area contributed by atoms with Crippen LogP contribution in [0.25, 0.3) is 0 Å². The molecule has 0 aliphatic heterocycles. The lowest BCUT2D eigenvalue weighted by molar-refractivity contribution is -0.274. The third kappa shape index (κ3) is 6.17. The highest BCUT2D eigenvalue weighted by atomic mass is 35.5. The molecule has 0 spiro atoms. The smallest absolute Gasteiger partial charge is 0.404 e.